The second-order valence-corrected chi connectivity index (χ2v) is 4.68. The summed E-state index contributed by atoms with van der Waals surface area (Å²) in [4.78, 5) is 12.0. The van der Waals surface area contributed by atoms with Crippen LogP contribution in [0.25, 0.3) is 0 Å². The molecule has 0 saturated carbocycles. The summed E-state index contributed by atoms with van der Waals surface area (Å²) >= 11 is 0. The van der Waals surface area contributed by atoms with Crippen molar-refractivity contribution in [2.75, 3.05) is 13.7 Å². The molecule has 1 heterocycles. The third-order valence-corrected chi connectivity index (χ3v) is 3.31. The summed E-state index contributed by atoms with van der Waals surface area (Å²) in [6, 6.07) is 8.23. The standard InChI is InChI=1S/C14H18O7/c1-19-14-12(11(17)10(16)9(7-15)20-14)21-13(18)8-5-3-2-4-6-8/h2-6,9-12,14-17H,7H2,1H3/t9-,10+,11+,12-,14+/m1/s1. The molecule has 1 aliphatic heterocycles. The quantitative estimate of drug-likeness (QED) is 0.631. The van der Waals surface area contributed by atoms with Crippen molar-refractivity contribution in [3.05, 3.63) is 35.9 Å². The lowest BCUT2D eigenvalue weighted by Gasteiger charge is -2.40. The second kappa shape index (κ2) is 6.97. The van der Waals surface area contributed by atoms with Crippen LogP contribution < -0.4 is 0 Å². The number of benzene rings is 1. The Bertz CT molecular complexity index is 462. The number of methoxy groups -OCH3 is 1. The van der Waals surface area contributed by atoms with E-state index >= 15 is 0 Å². The van der Waals surface area contributed by atoms with Gasteiger partial charge < -0.3 is 29.5 Å². The molecule has 2 rings (SSSR count). The van der Waals surface area contributed by atoms with Crippen LogP contribution in [0.2, 0.25) is 0 Å². The zero-order valence-electron chi connectivity index (χ0n) is 11.5. The van der Waals surface area contributed by atoms with Gasteiger partial charge in [0.1, 0.15) is 18.3 Å². The normalized spacial score (nSPS) is 32.7. The number of esters is 1. The van der Waals surface area contributed by atoms with Crippen LogP contribution in [0.1, 0.15) is 10.4 Å². The van der Waals surface area contributed by atoms with E-state index < -0.39 is 43.3 Å². The molecule has 0 amide bonds. The average Bonchev–Trinajstić information content (AvgIpc) is 2.53. The third kappa shape index (κ3) is 3.39. The van der Waals surface area contributed by atoms with Crippen molar-refractivity contribution >= 4 is 5.97 Å². The zero-order valence-corrected chi connectivity index (χ0v) is 11.5. The highest BCUT2D eigenvalue weighted by Crippen LogP contribution is 2.24. The smallest absolute Gasteiger partial charge is 0.338 e. The Morgan fingerprint density at radius 3 is 2.48 bits per heavy atom. The van der Waals surface area contributed by atoms with Crippen LogP contribution in [0, 0.1) is 0 Å². The Morgan fingerprint density at radius 2 is 1.90 bits per heavy atom. The first kappa shape index (κ1) is 15.9. The van der Waals surface area contributed by atoms with Crippen LogP contribution in [0.5, 0.6) is 0 Å². The molecule has 0 spiro atoms. The second-order valence-electron chi connectivity index (χ2n) is 4.68. The van der Waals surface area contributed by atoms with Gasteiger partial charge in [0, 0.05) is 7.11 Å². The fourth-order valence-corrected chi connectivity index (χ4v) is 2.14. The Morgan fingerprint density at radius 1 is 1.24 bits per heavy atom. The minimum atomic E-state index is -1.42. The summed E-state index contributed by atoms with van der Waals surface area (Å²) in [7, 11) is 1.31. The summed E-state index contributed by atoms with van der Waals surface area (Å²) in [6.07, 6.45) is -6.08. The van der Waals surface area contributed by atoms with Gasteiger partial charge in [-0.2, -0.15) is 0 Å². The van der Waals surface area contributed by atoms with Gasteiger partial charge in [0.05, 0.1) is 12.2 Å². The molecule has 1 fully saturated rings. The maximum atomic E-state index is 12.0. The molecule has 116 valence electrons. The lowest BCUT2D eigenvalue weighted by atomic mass is 9.99. The summed E-state index contributed by atoms with van der Waals surface area (Å²) in [5.41, 5.74) is 0.304. The van der Waals surface area contributed by atoms with E-state index in [2.05, 4.69) is 0 Å². The molecular formula is C14H18O7. The molecule has 7 heteroatoms. The first-order chi connectivity index (χ1) is 10.1. The molecule has 0 aromatic heterocycles. The van der Waals surface area contributed by atoms with Crippen LogP contribution in [0.4, 0.5) is 0 Å². The van der Waals surface area contributed by atoms with Crippen molar-refractivity contribution < 1.29 is 34.3 Å². The molecule has 0 aliphatic carbocycles. The van der Waals surface area contributed by atoms with Crippen molar-refractivity contribution in [2.45, 2.75) is 30.7 Å². The minimum Gasteiger partial charge on any atom is -0.450 e. The van der Waals surface area contributed by atoms with Crippen molar-refractivity contribution in [1.82, 2.24) is 0 Å². The maximum absolute atomic E-state index is 12.0. The van der Waals surface area contributed by atoms with E-state index in [-0.39, 0.29) is 0 Å². The topological polar surface area (TPSA) is 105 Å². The number of ether oxygens (including phenoxy) is 3. The number of aliphatic hydroxyl groups is 3. The van der Waals surface area contributed by atoms with E-state index in [1.165, 1.54) is 7.11 Å². The van der Waals surface area contributed by atoms with Gasteiger partial charge >= 0.3 is 5.97 Å². The highest BCUT2D eigenvalue weighted by molar-refractivity contribution is 5.89. The van der Waals surface area contributed by atoms with Crippen LogP contribution in [-0.2, 0) is 14.2 Å². The van der Waals surface area contributed by atoms with E-state index in [9.17, 15) is 15.0 Å². The molecule has 0 radical (unpaired) electrons. The summed E-state index contributed by atoms with van der Waals surface area (Å²) in [6.45, 7) is -0.489. The van der Waals surface area contributed by atoms with E-state index in [4.69, 9.17) is 19.3 Å². The number of rotatable bonds is 4. The van der Waals surface area contributed by atoms with Gasteiger partial charge in [-0.25, -0.2) is 4.79 Å². The Labute approximate surface area is 121 Å². The van der Waals surface area contributed by atoms with Crippen molar-refractivity contribution in [1.29, 1.82) is 0 Å². The third-order valence-electron chi connectivity index (χ3n) is 3.31. The monoisotopic (exact) mass is 298 g/mol. The number of carbonyl (C=O) groups is 1. The fraction of sp³-hybridized carbons (Fsp3) is 0.500. The van der Waals surface area contributed by atoms with E-state index in [0.29, 0.717) is 5.56 Å². The minimum absolute atomic E-state index is 0.304. The Kier molecular flexibility index (Phi) is 5.27. The zero-order chi connectivity index (χ0) is 15.4. The Hall–Kier alpha value is -1.51. The fourth-order valence-electron chi connectivity index (χ4n) is 2.14. The van der Waals surface area contributed by atoms with Crippen LogP contribution in [0.3, 0.4) is 0 Å². The van der Waals surface area contributed by atoms with E-state index in [0.717, 1.165) is 0 Å². The summed E-state index contributed by atoms with van der Waals surface area (Å²) < 4.78 is 15.4. The number of hydrogen-bond donors (Lipinski definition) is 3. The molecule has 1 aliphatic rings. The lowest BCUT2D eigenvalue weighted by Crippen LogP contribution is -2.60. The van der Waals surface area contributed by atoms with E-state index in [1.807, 2.05) is 0 Å². The number of carbonyl (C=O) groups excluding carboxylic acids is 1. The van der Waals surface area contributed by atoms with Gasteiger partial charge in [-0.05, 0) is 12.1 Å². The molecule has 1 aromatic carbocycles. The van der Waals surface area contributed by atoms with Gasteiger partial charge in [0.2, 0.25) is 0 Å². The summed E-state index contributed by atoms with van der Waals surface area (Å²) in [5, 5.41) is 28.9. The summed E-state index contributed by atoms with van der Waals surface area (Å²) in [5.74, 6) is -0.667. The van der Waals surface area contributed by atoms with E-state index in [1.54, 1.807) is 30.3 Å². The molecule has 0 bridgehead atoms. The van der Waals surface area contributed by atoms with Gasteiger partial charge in [0.25, 0.3) is 0 Å². The van der Waals surface area contributed by atoms with Crippen LogP contribution in [0.15, 0.2) is 30.3 Å². The maximum Gasteiger partial charge on any atom is 0.338 e. The van der Waals surface area contributed by atoms with Crippen molar-refractivity contribution in [3.63, 3.8) is 0 Å². The lowest BCUT2D eigenvalue weighted by molar-refractivity contribution is -0.293. The molecule has 1 saturated heterocycles. The van der Waals surface area contributed by atoms with Crippen LogP contribution in [-0.4, -0.2) is 65.7 Å². The first-order valence-electron chi connectivity index (χ1n) is 6.49. The average molecular weight is 298 g/mol. The predicted molar refractivity (Wildman–Crippen MR) is 70.4 cm³/mol. The van der Waals surface area contributed by atoms with Gasteiger partial charge in [-0.3, -0.25) is 0 Å². The molecule has 1 aromatic rings. The predicted octanol–water partition coefficient (Wildman–Crippen LogP) is -0.703. The largest absolute Gasteiger partial charge is 0.450 e. The highest BCUT2D eigenvalue weighted by Gasteiger charge is 2.46. The van der Waals surface area contributed by atoms with Gasteiger partial charge in [-0.15, -0.1) is 0 Å². The highest BCUT2D eigenvalue weighted by atomic mass is 16.7. The van der Waals surface area contributed by atoms with Crippen molar-refractivity contribution in [3.8, 4) is 0 Å². The van der Waals surface area contributed by atoms with Crippen LogP contribution >= 0.6 is 0 Å². The number of aliphatic hydroxyl groups excluding tert-OH is 3. The molecule has 0 unspecified atom stereocenters. The van der Waals surface area contributed by atoms with Crippen molar-refractivity contribution in [2.24, 2.45) is 0 Å². The SMILES string of the molecule is CO[C@H]1O[C@H](CO)[C@H](O)[C@H](O)[C@H]1OC(=O)c1ccccc1. The molecule has 3 N–H and O–H groups in total. The Balaban J connectivity index is 2.11. The van der Waals surface area contributed by atoms with Gasteiger partial charge in [-0.1, -0.05) is 18.2 Å². The molecule has 5 atom stereocenters. The first-order valence-corrected chi connectivity index (χ1v) is 6.49. The molecule has 7 nitrogen and oxygen atoms in total. The molecular weight excluding hydrogens is 280 g/mol. The molecule has 21 heavy (non-hydrogen) atoms. The number of hydrogen-bond acceptors (Lipinski definition) is 7. The van der Waals surface area contributed by atoms with Gasteiger partial charge in [0.15, 0.2) is 12.4 Å².